The average molecular weight is 266 g/mol. The number of halogens is 1. The van der Waals surface area contributed by atoms with Crippen molar-refractivity contribution in [1.29, 1.82) is 0 Å². The molecule has 1 aromatic rings. The molecule has 2 rings (SSSR count). The van der Waals surface area contributed by atoms with E-state index in [1.54, 1.807) is 6.07 Å². The second kappa shape index (κ2) is 6.35. The summed E-state index contributed by atoms with van der Waals surface area (Å²) in [6.45, 7) is 3.55. The third-order valence-corrected chi connectivity index (χ3v) is 3.64. The summed E-state index contributed by atoms with van der Waals surface area (Å²) in [5, 5.41) is 0. The number of anilines is 1. The lowest BCUT2D eigenvalue weighted by molar-refractivity contribution is 0.0216. The van der Waals surface area contributed by atoms with E-state index in [0.717, 1.165) is 37.2 Å². The molecule has 106 valence electrons. The zero-order valence-corrected chi connectivity index (χ0v) is 11.7. The maximum absolute atomic E-state index is 13.3. The minimum absolute atomic E-state index is 0.180. The van der Waals surface area contributed by atoms with E-state index in [0.29, 0.717) is 0 Å². The largest absolute Gasteiger partial charge is 0.376 e. The van der Waals surface area contributed by atoms with E-state index >= 15 is 0 Å². The van der Waals surface area contributed by atoms with E-state index in [2.05, 4.69) is 4.90 Å². The molecule has 0 aromatic heterocycles. The molecule has 0 aliphatic carbocycles. The quantitative estimate of drug-likeness (QED) is 0.910. The summed E-state index contributed by atoms with van der Waals surface area (Å²) in [5.41, 5.74) is 7.77. The predicted molar refractivity (Wildman–Crippen MR) is 75.9 cm³/mol. The molecular formula is C15H23FN2O. The van der Waals surface area contributed by atoms with Gasteiger partial charge in [0, 0.05) is 31.9 Å². The zero-order chi connectivity index (χ0) is 13.8. The maximum Gasteiger partial charge on any atom is 0.123 e. The third kappa shape index (κ3) is 3.67. The monoisotopic (exact) mass is 266 g/mol. The Morgan fingerprint density at radius 3 is 2.89 bits per heavy atom. The fraction of sp³-hybridized carbons (Fsp3) is 0.600. The molecule has 2 N–H and O–H groups in total. The molecule has 1 saturated heterocycles. The van der Waals surface area contributed by atoms with E-state index < -0.39 is 0 Å². The van der Waals surface area contributed by atoms with Crippen molar-refractivity contribution in [2.75, 3.05) is 25.1 Å². The summed E-state index contributed by atoms with van der Waals surface area (Å²) in [6.07, 6.45) is 3.74. The summed E-state index contributed by atoms with van der Waals surface area (Å²) in [6, 6.07) is 4.63. The molecule has 0 amide bonds. The first-order chi connectivity index (χ1) is 9.08. The summed E-state index contributed by atoms with van der Waals surface area (Å²) in [5.74, 6) is -0.238. The minimum atomic E-state index is -0.238. The molecule has 1 heterocycles. The molecule has 1 fully saturated rings. The van der Waals surface area contributed by atoms with Crippen molar-refractivity contribution < 1.29 is 9.13 Å². The first-order valence-electron chi connectivity index (χ1n) is 6.95. The van der Waals surface area contributed by atoms with Crippen LogP contribution in [0.4, 0.5) is 10.1 Å². The second-order valence-electron chi connectivity index (χ2n) is 5.36. The molecule has 0 spiro atoms. The summed E-state index contributed by atoms with van der Waals surface area (Å²) in [7, 11) is 2.01. The maximum atomic E-state index is 13.3. The van der Waals surface area contributed by atoms with Crippen LogP contribution in [0.15, 0.2) is 18.2 Å². The van der Waals surface area contributed by atoms with Gasteiger partial charge in [0.15, 0.2) is 0 Å². The molecule has 0 radical (unpaired) electrons. The molecule has 1 aromatic carbocycles. The Hall–Kier alpha value is -1.13. The molecule has 3 nitrogen and oxygen atoms in total. The lowest BCUT2D eigenvalue weighted by Crippen LogP contribution is -2.34. The van der Waals surface area contributed by atoms with E-state index in [1.807, 2.05) is 14.0 Å². The van der Waals surface area contributed by atoms with Crippen LogP contribution in [-0.4, -0.2) is 26.3 Å². The van der Waals surface area contributed by atoms with Gasteiger partial charge in [-0.2, -0.15) is 0 Å². The van der Waals surface area contributed by atoms with Gasteiger partial charge in [0.1, 0.15) is 5.82 Å². The highest BCUT2D eigenvalue weighted by Gasteiger charge is 2.18. The van der Waals surface area contributed by atoms with Crippen LogP contribution in [0, 0.1) is 5.82 Å². The number of benzene rings is 1. The van der Waals surface area contributed by atoms with E-state index in [9.17, 15) is 4.39 Å². The van der Waals surface area contributed by atoms with Crippen molar-refractivity contribution >= 4 is 5.69 Å². The normalized spacial score (nSPS) is 21.2. The Balaban J connectivity index is 2.11. The Morgan fingerprint density at radius 1 is 1.47 bits per heavy atom. The predicted octanol–water partition coefficient (Wildman–Crippen LogP) is 2.85. The van der Waals surface area contributed by atoms with Gasteiger partial charge in [0.25, 0.3) is 0 Å². The van der Waals surface area contributed by atoms with Crippen molar-refractivity contribution in [2.24, 2.45) is 5.73 Å². The lowest BCUT2D eigenvalue weighted by Gasteiger charge is -2.30. The van der Waals surface area contributed by atoms with Crippen LogP contribution >= 0.6 is 0 Å². The molecule has 19 heavy (non-hydrogen) atoms. The van der Waals surface area contributed by atoms with Crippen molar-refractivity contribution in [1.82, 2.24) is 0 Å². The Bertz CT molecular complexity index is 417. The Morgan fingerprint density at radius 2 is 2.26 bits per heavy atom. The van der Waals surface area contributed by atoms with Gasteiger partial charge in [0.2, 0.25) is 0 Å². The van der Waals surface area contributed by atoms with Gasteiger partial charge < -0.3 is 15.4 Å². The van der Waals surface area contributed by atoms with Crippen LogP contribution in [0.3, 0.4) is 0 Å². The molecular weight excluding hydrogens is 243 g/mol. The number of hydrogen-bond acceptors (Lipinski definition) is 3. The van der Waals surface area contributed by atoms with Gasteiger partial charge in [-0.15, -0.1) is 0 Å². The SMILES string of the molecule is CC(N)c1cc(F)ccc1N(C)CC1CCCCO1. The number of hydrogen-bond donors (Lipinski definition) is 1. The van der Waals surface area contributed by atoms with Crippen molar-refractivity contribution in [3.05, 3.63) is 29.6 Å². The second-order valence-corrected chi connectivity index (χ2v) is 5.36. The van der Waals surface area contributed by atoms with Crippen LogP contribution in [-0.2, 0) is 4.74 Å². The molecule has 1 aliphatic rings. The van der Waals surface area contributed by atoms with E-state index in [4.69, 9.17) is 10.5 Å². The standard InChI is InChI=1S/C15H23FN2O/c1-11(17)14-9-12(16)6-7-15(14)18(2)10-13-5-3-4-8-19-13/h6-7,9,11,13H,3-5,8,10,17H2,1-2H3. The van der Waals surface area contributed by atoms with Gasteiger partial charge in [0.05, 0.1) is 6.10 Å². The Labute approximate surface area is 114 Å². The first kappa shape index (κ1) is 14.3. The summed E-state index contributed by atoms with van der Waals surface area (Å²) in [4.78, 5) is 2.12. The lowest BCUT2D eigenvalue weighted by atomic mass is 10.0. The van der Waals surface area contributed by atoms with Crippen molar-refractivity contribution in [3.8, 4) is 0 Å². The van der Waals surface area contributed by atoms with Gasteiger partial charge >= 0.3 is 0 Å². The van der Waals surface area contributed by atoms with Crippen LogP contribution in [0.1, 0.15) is 37.8 Å². The van der Waals surface area contributed by atoms with Crippen LogP contribution in [0.2, 0.25) is 0 Å². The highest BCUT2D eigenvalue weighted by atomic mass is 19.1. The molecule has 4 heteroatoms. The highest BCUT2D eigenvalue weighted by molar-refractivity contribution is 5.54. The third-order valence-electron chi connectivity index (χ3n) is 3.64. The summed E-state index contributed by atoms with van der Waals surface area (Å²) < 4.78 is 19.1. The van der Waals surface area contributed by atoms with Crippen molar-refractivity contribution in [3.63, 3.8) is 0 Å². The average Bonchev–Trinajstić information content (AvgIpc) is 2.39. The summed E-state index contributed by atoms with van der Waals surface area (Å²) >= 11 is 0. The molecule has 2 atom stereocenters. The van der Waals surface area contributed by atoms with Gasteiger partial charge in [-0.05, 0) is 49.9 Å². The Kier molecular flexibility index (Phi) is 4.77. The zero-order valence-electron chi connectivity index (χ0n) is 11.7. The molecule has 0 saturated carbocycles. The fourth-order valence-electron chi connectivity index (χ4n) is 2.59. The number of rotatable bonds is 4. The van der Waals surface area contributed by atoms with Crippen LogP contribution in [0.5, 0.6) is 0 Å². The van der Waals surface area contributed by atoms with Crippen molar-refractivity contribution in [2.45, 2.75) is 38.3 Å². The van der Waals surface area contributed by atoms with Gasteiger partial charge in [-0.1, -0.05) is 0 Å². The van der Waals surface area contributed by atoms with Gasteiger partial charge in [-0.25, -0.2) is 4.39 Å². The first-order valence-corrected chi connectivity index (χ1v) is 6.95. The number of nitrogens with zero attached hydrogens (tertiary/aromatic N) is 1. The van der Waals surface area contributed by atoms with Crippen LogP contribution < -0.4 is 10.6 Å². The number of likely N-dealkylation sites (N-methyl/N-ethyl adjacent to an activating group) is 1. The molecule has 0 bridgehead atoms. The minimum Gasteiger partial charge on any atom is -0.376 e. The smallest absolute Gasteiger partial charge is 0.123 e. The fourth-order valence-corrected chi connectivity index (χ4v) is 2.59. The van der Waals surface area contributed by atoms with E-state index in [1.165, 1.54) is 18.6 Å². The van der Waals surface area contributed by atoms with Crippen LogP contribution in [0.25, 0.3) is 0 Å². The number of nitrogens with two attached hydrogens (primary N) is 1. The number of ether oxygens (including phenoxy) is 1. The topological polar surface area (TPSA) is 38.5 Å². The van der Waals surface area contributed by atoms with Gasteiger partial charge in [-0.3, -0.25) is 0 Å². The highest BCUT2D eigenvalue weighted by Crippen LogP contribution is 2.26. The molecule has 1 aliphatic heterocycles. The van der Waals surface area contributed by atoms with E-state index in [-0.39, 0.29) is 18.0 Å². The molecule has 2 unspecified atom stereocenters.